The Labute approximate surface area is 131 Å². The van der Waals surface area contributed by atoms with Crippen LogP contribution in [0.5, 0.6) is 0 Å². The fourth-order valence-electron chi connectivity index (χ4n) is 1.66. The Bertz CT molecular complexity index is 658. The van der Waals surface area contributed by atoms with E-state index in [1.54, 1.807) is 24.3 Å². The minimum atomic E-state index is -0.971. The predicted molar refractivity (Wildman–Crippen MR) is 82.7 cm³/mol. The van der Waals surface area contributed by atoms with E-state index in [1.807, 2.05) is 0 Å². The lowest BCUT2D eigenvalue weighted by molar-refractivity contribution is -0.145. The lowest BCUT2D eigenvalue weighted by atomic mass is 10.2. The minimum Gasteiger partial charge on any atom is -0.466 e. The molecule has 0 amide bonds. The highest BCUT2D eigenvalue weighted by Gasteiger charge is 2.24. The number of esters is 1. The molecule has 110 valence electrons. The van der Waals surface area contributed by atoms with E-state index in [1.165, 1.54) is 17.3 Å². The Hall–Kier alpha value is -2.19. The molecule has 0 saturated carbocycles. The first-order valence-electron chi connectivity index (χ1n) is 5.82. The maximum Gasteiger partial charge on any atom is 0.351 e. The quantitative estimate of drug-likeness (QED) is 0.633. The van der Waals surface area contributed by atoms with Crippen molar-refractivity contribution >= 4 is 41.2 Å². The highest BCUT2D eigenvalue weighted by molar-refractivity contribution is 7.78. The molecule has 1 atom stereocenters. The zero-order valence-corrected chi connectivity index (χ0v) is 12.6. The van der Waals surface area contributed by atoms with Crippen molar-refractivity contribution in [1.82, 2.24) is 20.1 Å². The molecule has 2 rings (SSSR count). The third kappa shape index (κ3) is 3.29. The largest absolute Gasteiger partial charge is 0.466 e. The number of thiocarbonyl (C=S) groups is 1. The van der Waals surface area contributed by atoms with Crippen LogP contribution in [0.2, 0.25) is 5.02 Å². The number of aromatic nitrogens is 3. The smallest absolute Gasteiger partial charge is 0.351 e. The Morgan fingerprint density at radius 3 is 2.76 bits per heavy atom. The standard InChI is InChI=1S/C12H12ClN5O2S/c1-20-11(19)10(15-6-21)18-12(14)16-9(17-18)7-2-4-8(13)5-3-7/h2-6,10H,1H3,(H,15,21)(H2,14,16,17). The second-order valence-electron chi connectivity index (χ2n) is 3.96. The van der Waals surface area contributed by atoms with Gasteiger partial charge in [0.2, 0.25) is 12.1 Å². The zero-order chi connectivity index (χ0) is 15.4. The summed E-state index contributed by atoms with van der Waals surface area (Å²) in [4.78, 5) is 15.9. The Kier molecular flexibility index (Phi) is 4.71. The molecule has 7 nitrogen and oxygen atoms in total. The first-order valence-corrected chi connectivity index (χ1v) is 6.67. The van der Waals surface area contributed by atoms with Crippen LogP contribution < -0.4 is 11.1 Å². The van der Waals surface area contributed by atoms with E-state index < -0.39 is 12.1 Å². The maximum absolute atomic E-state index is 11.7. The van der Waals surface area contributed by atoms with Gasteiger partial charge in [-0.2, -0.15) is 9.67 Å². The van der Waals surface area contributed by atoms with Crippen LogP contribution in [-0.4, -0.2) is 33.3 Å². The van der Waals surface area contributed by atoms with Crippen LogP contribution in [0.3, 0.4) is 0 Å². The van der Waals surface area contributed by atoms with Gasteiger partial charge in [-0.3, -0.25) is 0 Å². The number of hydrogen-bond acceptors (Lipinski definition) is 6. The number of ether oxygens (including phenoxy) is 1. The lowest BCUT2D eigenvalue weighted by Crippen LogP contribution is -2.34. The maximum atomic E-state index is 11.7. The molecule has 0 radical (unpaired) electrons. The van der Waals surface area contributed by atoms with Gasteiger partial charge in [0.05, 0.1) is 12.6 Å². The number of methoxy groups -OCH3 is 1. The SMILES string of the molecule is COC(=O)C(NC=S)n1nc(-c2ccc(Cl)cc2)nc1N. The molecule has 2 aromatic rings. The van der Waals surface area contributed by atoms with Crippen molar-refractivity contribution in [1.29, 1.82) is 0 Å². The molecule has 3 N–H and O–H groups in total. The summed E-state index contributed by atoms with van der Waals surface area (Å²) in [5.41, 5.74) is 7.70. The van der Waals surface area contributed by atoms with Crippen molar-refractivity contribution in [3.05, 3.63) is 29.3 Å². The zero-order valence-electron chi connectivity index (χ0n) is 11.0. The number of benzene rings is 1. The van der Waals surface area contributed by atoms with Gasteiger partial charge >= 0.3 is 5.97 Å². The number of carbonyl (C=O) groups excluding carboxylic acids is 1. The third-order valence-corrected chi connectivity index (χ3v) is 3.04. The average molecular weight is 326 g/mol. The third-order valence-electron chi connectivity index (χ3n) is 2.65. The Morgan fingerprint density at radius 1 is 1.52 bits per heavy atom. The molecular weight excluding hydrogens is 314 g/mol. The van der Waals surface area contributed by atoms with Gasteiger partial charge in [-0.05, 0) is 24.3 Å². The predicted octanol–water partition coefficient (Wildman–Crippen LogP) is 1.40. The fraction of sp³-hybridized carbons (Fsp3) is 0.167. The topological polar surface area (TPSA) is 95.1 Å². The lowest BCUT2D eigenvalue weighted by Gasteiger charge is -2.14. The Balaban J connectivity index is 2.39. The number of rotatable bonds is 5. The van der Waals surface area contributed by atoms with Crippen LogP contribution in [0.15, 0.2) is 24.3 Å². The van der Waals surface area contributed by atoms with Gasteiger partial charge in [0.15, 0.2) is 5.82 Å². The first kappa shape index (κ1) is 15.2. The van der Waals surface area contributed by atoms with Crippen LogP contribution >= 0.6 is 23.8 Å². The van der Waals surface area contributed by atoms with Gasteiger partial charge < -0.3 is 15.8 Å². The number of carbonyl (C=O) groups is 1. The highest BCUT2D eigenvalue weighted by atomic mass is 35.5. The number of hydrogen-bond donors (Lipinski definition) is 2. The van der Waals surface area contributed by atoms with Crippen LogP contribution in [0.1, 0.15) is 6.17 Å². The molecule has 1 aromatic carbocycles. The van der Waals surface area contributed by atoms with Gasteiger partial charge in [0.1, 0.15) is 0 Å². The summed E-state index contributed by atoms with van der Waals surface area (Å²) in [6, 6.07) is 6.92. The number of anilines is 1. The summed E-state index contributed by atoms with van der Waals surface area (Å²) in [5, 5.41) is 7.44. The van der Waals surface area contributed by atoms with Gasteiger partial charge in [0.25, 0.3) is 0 Å². The number of nitrogen functional groups attached to an aromatic ring is 1. The molecule has 0 aliphatic heterocycles. The second kappa shape index (κ2) is 6.51. The molecule has 0 bridgehead atoms. The van der Waals surface area contributed by atoms with Gasteiger partial charge in [0, 0.05) is 10.6 Å². The van der Waals surface area contributed by atoms with Gasteiger partial charge in [-0.15, -0.1) is 5.10 Å². The fourth-order valence-corrected chi connectivity index (χ4v) is 1.92. The highest BCUT2D eigenvalue weighted by Crippen LogP contribution is 2.21. The summed E-state index contributed by atoms with van der Waals surface area (Å²) in [5.74, 6) is -0.167. The molecular formula is C12H12ClN5O2S. The van der Waals surface area contributed by atoms with E-state index in [4.69, 9.17) is 29.6 Å². The second-order valence-corrected chi connectivity index (χ2v) is 4.63. The minimum absolute atomic E-state index is 0.0553. The molecule has 1 unspecified atom stereocenters. The van der Waals surface area contributed by atoms with Crippen molar-refractivity contribution < 1.29 is 9.53 Å². The summed E-state index contributed by atoms with van der Waals surface area (Å²) in [6.45, 7) is 0. The van der Waals surface area contributed by atoms with E-state index in [2.05, 4.69) is 20.1 Å². The molecule has 21 heavy (non-hydrogen) atoms. The molecule has 1 heterocycles. The summed E-state index contributed by atoms with van der Waals surface area (Å²) in [7, 11) is 1.26. The van der Waals surface area contributed by atoms with Crippen molar-refractivity contribution in [2.45, 2.75) is 6.17 Å². The summed E-state index contributed by atoms with van der Waals surface area (Å²) in [6.07, 6.45) is -0.971. The first-order chi connectivity index (χ1) is 10.1. The molecule has 0 aliphatic rings. The number of nitrogens with one attached hydrogen (secondary N) is 1. The molecule has 0 fully saturated rings. The monoisotopic (exact) mass is 325 g/mol. The van der Waals surface area contributed by atoms with E-state index in [-0.39, 0.29) is 5.95 Å². The van der Waals surface area contributed by atoms with Crippen LogP contribution in [0.4, 0.5) is 5.95 Å². The van der Waals surface area contributed by atoms with E-state index in [0.29, 0.717) is 10.8 Å². The van der Waals surface area contributed by atoms with Crippen molar-refractivity contribution in [3.63, 3.8) is 0 Å². The van der Waals surface area contributed by atoms with Crippen molar-refractivity contribution in [2.75, 3.05) is 12.8 Å². The Morgan fingerprint density at radius 2 is 2.19 bits per heavy atom. The molecule has 0 aliphatic carbocycles. The molecule has 0 spiro atoms. The van der Waals surface area contributed by atoms with Gasteiger partial charge in [-0.25, -0.2) is 4.79 Å². The average Bonchev–Trinajstić information content (AvgIpc) is 2.86. The van der Waals surface area contributed by atoms with Crippen molar-refractivity contribution in [3.8, 4) is 11.4 Å². The number of halogens is 1. The van der Waals surface area contributed by atoms with Gasteiger partial charge in [-0.1, -0.05) is 23.8 Å². The number of nitrogens with zero attached hydrogens (tertiary/aromatic N) is 3. The van der Waals surface area contributed by atoms with E-state index in [9.17, 15) is 4.79 Å². The summed E-state index contributed by atoms with van der Waals surface area (Å²) < 4.78 is 5.88. The van der Waals surface area contributed by atoms with E-state index in [0.717, 1.165) is 5.56 Å². The van der Waals surface area contributed by atoms with Crippen LogP contribution in [-0.2, 0) is 9.53 Å². The molecule has 1 aromatic heterocycles. The summed E-state index contributed by atoms with van der Waals surface area (Å²) >= 11 is 10.5. The molecule has 9 heteroatoms. The molecule has 0 saturated heterocycles. The van der Waals surface area contributed by atoms with Crippen molar-refractivity contribution in [2.24, 2.45) is 0 Å². The van der Waals surface area contributed by atoms with E-state index >= 15 is 0 Å². The van der Waals surface area contributed by atoms with Crippen LogP contribution in [0, 0.1) is 0 Å². The van der Waals surface area contributed by atoms with Crippen LogP contribution in [0.25, 0.3) is 11.4 Å². The number of nitrogens with two attached hydrogens (primary N) is 1. The normalized spacial score (nSPS) is 11.7.